The molecule has 2 heteroatoms. The van der Waals surface area contributed by atoms with Crippen molar-refractivity contribution in [3.63, 3.8) is 0 Å². The van der Waals surface area contributed by atoms with Crippen LogP contribution in [0.15, 0.2) is 0 Å². The zero-order valence-corrected chi connectivity index (χ0v) is 13.6. The van der Waals surface area contributed by atoms with Gasteiger partial charge in [-0.05, 0) is 31.1 Å². The molecule has 1 saturated heterocycles. The van der Waals surface area contributed by atoms with Gasteiger partial charge in [-0.15, -0.1) is 0 Å². The van der Waals surface area contributed by atoms with Gasteiger partial charge in [0.25, 0.3) is 0 Å². The predicted octanol–water partition coefficient (Wildman–Crippen LogP) is 5.10. The monoisotopic (exact) mass is 280 g/mol. The Morgan fingerprint density at radius 1 is 1.20 bits per heavy atom. The van der Waals surface area contributed by atoms with Crippen molar-refractivity contribution >= 4 is 5.97 Å². The molecule has 1 aliphatic carbocycles. The van der Waals surface area contributed by atoms with Crippen molar-refractivity contribution < 1.29 is 9.53 Å². The van der Waals surface area contributed by atoms with Gasteiger partial charge in [-0.2, -0.15) is 0 Å². The lowest BCUT2D eigenvalue weighted by Crippen LogP contribution is -2.34. The topological polar surface area (TPSA) is 26.3 Å². The Kier molecular flexibility index (Phi) is 5.51. The highest BCUT2D eigenvalue weighted by Crippen LogP contribution is 2.48. The zero-order chi connectivity index (χ0) is 14.6. The van der Waals surface area contributed by atoms with Crippen molar-refractivity contribution in [2.75, 3.05) is 0 Å². The fraction of sp³-hybridized carbons (Fsp3) is 0.944. The molecule has 2 fully saturated rings. The summed E-state index contributed by atoms with van der Waals surface area (Å²) in [6, 6.07) is 0. The summed E-state index contributed by atoms with van der Waals surface area (Å²) in [7, 11) is 0. The summed E-state index contributed by atoms with van der Waals surface area (Å²) in [6.07, 6.45) is 13.3. The minimum Gasteiger partial charge on any atom is -0.462 e. The average Bonchev–Trinajstić information content (AvgIpc) is 2.68. The SMILES string of the molecule is CCCCCCCCC1(C)CC[C@@H]2C(C1)OC(=O)C2C. The van der Waals surface area contributed by atoms with E-state index in [9.17, 15) is 4.79 Å². The number of esters is 1. The fourth-order valence-electron chi connectivity index (χ4n) is 4.13. The molecule has 0 aromatic carbocycles. The fourth-order valence-corrected chi connectivity index (χ4v) is 4.13. The van der Waals surface area contributed by atoms with E-state index in [0.29, 0.717) is 11.3 Å². The molecule has 0 spiro atoms. The summed E-state index contributed by atoms with van der Waals surface area (Å²) in [5, 5.41) is 0. The maximum Gasteiger partial charge on any atom is 0.309 e. The van der Waals surface area contributed by atoms with Gasteiger partial charge in [0.1, 0.15) is 6.10 Å². The molecule has 0 N–H and O–H groups in total. The Labute approximate surface area is 124 Å². The lowest BCUT2D eigenvalue weighted by Gasteiger charge is -2.39. The Balaban J connectivity index is 1.71. The van der Waals surface area contributed by atoms with Gasteiger partial charge in [0.2, 0.25) is 0 Å². The highest BCUT2D eigenvalue weighted by atomic mass is 16.6. The Morgan fingerprint density at radius 3 is 2.65 bits per heavy atom. The van der Waals surface area contributed by atoms with Gasteiger partial charge in [-0.25, -0.2) is 0 Å². The number of rotatable bonds is 7. The molecule has 1 heterocycles. The van der Waals surface area contributed by atoms with Crippen LogP contribution in [0.5, 0.6) is 0 Å². The highest BCUT2D eigenvalue weighted by Gasteiger charge is 2.48. The molecule has 1 saturated carbocycles. The quantitative estimate of drug-likeness (QED) is 0.479. The second-order valence-corrected chi connectivity index (χ2v) is 7.50. The van der Waals surface area contributed by atoms with Crippen molar-refractivity contribution in [2.45, 2.75) is 91.1 Å². The third kappa shape index (κ3) is 3.77. The van der Waals surface area contributed by atoms with Crippen LogP contribution < -0.4 is 0 Å². The lowest BCUT2D eigenvalue weighted by molar-refractivity contribution is -0.145. The molecule has 0 amide bonds. The van der Waals surface area contributed by atoms with E-state index in [-0.39, 0.29) is 18.0 Å². The number of carbonyl (C=O) groups is 1. The molecule has 20 heavy (non-hydrogen) atoms. The van der Waals surface area contributed by atoms with Crippen molar-refractivity contribution in [3.05, 3.63) is 0 Å². The summed E-state index contributed by atoms with van der Waals surface area (Å²) in [4.78, 5) is 11.7. The van der Waals surface area contributed by atoms with Crippen LogP contribution >= 0.6 is 0 Å². The number of hydrogen-bond acceptors (Lipinski definition) is 2. The molecule has 0 bridgehead atoms. The first-order chi connectivity index (χ1) is 9.56. The summed E-state index contributed by atoms with van der Waals surface area (Å²) >= 11 is 0. The summed E-state index contributed by atoms with van der Waals surface area (Å²) in [5.41, 5.74) is 0.413. The third-order valence-corrected chi connectivity index (χ3v) is 5.67. The van der Waals surface area contributed by atoms with Gasteiger partial charge >= 0.3 is 5.97 Å². The summed E-state index contributed by atoms with van der Waals surface area (Å²) < 4.78 is 5.59. The molecule has 0 aromatic heterocycles. The minimum atomic E-state index is 0.0452. The first-order valence-corrected chi connectivity index (χ1v) is 8.76. The van der Waals surface area contributed by atoms with Crippen LogP contribution in [-0.4, -0.2) is 12.1 Å². The van der Waals surface area contributed by atoms with Crippen LogP contribution in [0.25, 0.3) is 0 Å². The maximum absolute atomic E-state index is 11.7. The number of fused-ring (bicyclic) bond motifs is 1. The standard InChI is InChI=1S/C18H32O2/c1-4-5-6-7-8-9-11-18(3)12-10-15-14(2)17(19)20-16(15)13-18/h14-16H,4-13H2,1-3H3/t14?,15-,16?,18?/m0/s1. The van der Waals surface area contributed by atoms with E-state index >= 15 is 0 Å². The van der Waals surface area contributed by atoms with E-state index in [1.54, 1.807) is 0 Å². The van der Waals surface area contributed by atoms with Crippen molar-refractivity contribution in [1.29, 1.82) is 0 Å². The van der Waals surface area contributed by atoms with Crippen LogP contribution in [0.3, 0.4) is 0 Å². The largest absolute Gasteiger partial charge is 0.462 e. The van der Waals surface area contributed by atoms with Crippen LogP contribution in [0.4, 0.5) is 0 Å². The smallest absolute Gasteiger partial charge is 0.309 e. The first kappa shape index (κ1) is 15.9. The van der Waals surface area contributed by atoms with E-state index in [1.807, 2.05) is 6.92 Å². The molecule has 2 rings (SSSR count). The Hall–Kier alpha value is -0.530. The van der Waals surface area contributed by atoms with E-state index in [2.05, 4.69) is 13.8 Å². The Bertz CT molecular complexity index is 325. The molecule has 4 atom stereocenters. The number of unbranched alkanes of at least 4 members (excludes halogenated alkanes) is 5. The second kappa shape index (κ2) is 6.95. The van der Waals surface area contributed by atoms with E-state index in [0.717, 1.165) is 6.42 Å². The van der Waals surface area contributed by atoms with Crippen LogP contribution in [0.2, 0.25) is 0 Å². The predicted molar refractivity (Wildman–Crippen MR) is 82.5 cm³/mol. The molecular weight excluding hydrogens is 248 g/mol. The van der Waals surface area contributed by atoms with Gasteiger partial charge < -0.3 is 4.74 Å². The van der Waals surface area contributed by atoms with Gasteiger partial charge in [-0.3, -0.25) is 4.79 Å². The second-order valence-electron chi connectivity index (χ2n) is 7.50. The van der Waals surface area contributed by atoms with E-state index in [1.165, 1.54) is 57.8 Å². The van der Waals surface area contributed by atoms with Crippen LogP contribution in [0, 0.1) is 17.3 Å². The molecule has 0 radical (unpaired) electrons. The minimum absolute atomic E-state index is 0.0452. The number of hydrogen-bond donors (Lipinski definition) is 0. The van der Waals surface area contributed by atoms with Gasteiger partial charge in [0.05, 0.1) is 5.92 Å². The summed E-state index contributed by atoms with van der Waals surface area (Å²) in [6.45, 7) is 6.72. The van der Waals surface area contributed by atoms with Crippen molar-refractivity contribution in [1.82, 2.24) is 0 Å². The highest BCUT2D eigenvalue weighted by molar-refractivity contribution is 5.74. The van der Waals surface area contributed by atoms with E-state index in [4.69, 9.17) is 4.74 Å². The Morgan fingerprint density at radius 2 is 1.90 bits per heavy atom. The summed E-state index contributed by atoms with van der Waals surface area (Å²) in [5.74, 6) is 0.683. The molecule has 2 aliphatic rings. The third-order valence-electron chi connectivity index (χ3n) is 5.67. The van der Waals surface area contributed by atoms with Gasteiger partial charge in [-0.1, -0.05) is 59.3 Å². The van der Waals surface area contributed by atoms with Crippen molar-refractivity contribution in [3.8, 4) is 0 Å². The number of carbonyl (C=O) groups excluding carboxylic acids is 1. The number of ether oxygens (including phenoxy) is 1. The van der Waals surface area contributed by atoms with Gasteiger partial charge in [0.15, 0.2) is 0 Å². The molecule has 1 aliphatic heterocycles. The molecule has 3 unspecified atom stereocenters. The molecule has 0 aromatic rings. The van der Waals surface area contributed by atoms with Gasteiger partial charge in [0, 0.05) is 5.92 Å². The lowest BCUT2D eigenvalue weighted by atomic mass is 9.66. The average molecular weight is 280 g/mol. The van der Waals surface area contributed by atoms with E-state index < -0.39 is 0 Å². The van der Waals surface area contributed by atoms with Crippen molar-refractivity contribution in [2.24, 2.45) is 17.3 Å². The normalized spacial score (nSPS) is 36.8. The molecular formula is C18H32O2. The molecule has 116 valence electrons. The van der Waals surface area contributed by atoms with Crippen LogP contribution in [0.1, 0.15) is 85.0 Å². The zero-order valence-electron chi connectivity index (χ0n) is 13.6. The first-order valence-electron chi connectivity index (χ1n) is 8.76. The maximum atomic E-state index is 11.7. The molecule has 2 nitrogen and oxygen atoms in total. The van der Waals surface area contributed by atoms with Crippen LogP contribution in [-0.2, 0) is 9.53 Å².